The molecule has 1 heterocycles. The summed E-state index contributed by atoms with van der Waals surface area (Å²) in [6.07, 6.45) is 0. The van der Waals surface area contributed by atoms with Crippen molar-refractivity contribution in [3.05, 3.63) is 59.7 Å². The number of aromatic nitrogens is 4. The number of benzene rings is 2. The maximum atomic E-state index is 12.2. The van der Waals surface area contributed by atoms with Crippen molar-refractivity contribution >= 4 is 29.3 Å². The van der Waals surface area contributed by atoms with Crippen molar-refractivity contribution in [1.29, 1.82) is 0 Å². The SMILES string of the molecule is COC(=O)c1ccc(NC(=O)CSc2nnnn2-c2ccc(C(C)C)cc2)cc1. The van der Waals surface area contributed by atoms with Crippen LogP contribution in [0.25, 0.3) is 5.69 Å². The third-order valence-corrected chi connectivity index (χ3v) is 5.09. The van der Waals surface area contributed by atoms with Crippen molar-refractivity contribution in [3.63, 3.8) is 0 Å². The number of thioether (sulfide) groups is 1. The van der Waals surface area contributed by atoms with Crippen LogP contribution in [0.15, 0.2) is 53.7 Å². The van der Waals surface area contributed by atoms with Crippen LogP contribution < -0.4 is 5.32 Å². The monoisotopic (exact) mass is 411 g/mol. The standard InChI is InChI=1S/C20H21N5O3S/c1-13(2)14-6-10-17(11-7-14)25-20(22-23-24-25)29-12-18(26)21-16-8-4-15(5-9-16)19(27)28-3/h4-11,13H,12H2,1-3H3,(H,21,26). The van der Waals surface area contributed by atoms with Crippen LogP contribution in [-0.4, -0.2) is 44.9 Å². The fourth-order valence-corrected chi connectivity index (χ4v) is 3.26. The summed E-state index contributed by atoms with van der Waals surface area (Å²) in [6, 6.07) is 14.5. The average molecular weight is 411 g/mol. The molecule has 0 unspecified atom stereocenters. The van der Waals surface area contributed by atoms with Gasteiger partial charge in [0.05, 0.1) is 24.1 Å². The van der Waals surface area contributed by atoms with E-state index in [1.54, 1.807) is 28.9 Å². The number of hydrogen-bond acceptors (Lipinski definition) is 7. The normalized spacial score (nSPS) is 10.8. The lowest BCUT2D eigenvalue weighted by Crippen LogP contribution is -2.14. The van der Waals surface area contributed by atoms with E-state index in [2.05, 4.69) is 39.4 Å². The van der Waals surface area contributed by atoms with E-state index < -0.39 is 5.97 Å². The molecule has 2 aromatic carbocycles. The van der Waals surface area contributed by atoms with Crippen molar-refractivity contribution in [2.75, 3.05) is 18.2 Å². The predicted octanol–water partition coefficient (Wildman–Crippen LogP) is 3.30. The second-order valence-corrected chi connectivity index (χ2v) is 7.47. The molecule has 0 fully saturated rings. The summed E-state index contributed by atoms with van der Waals surface area (Å²) >= 11 is 1.24. The van der Waals surface area contributed by atoms with Gasteiger partial charge in [-0.25, -0.2) is 4.79 Å². The Kier molecular flexibility index (Phi) is 6.61. The summed E-state index contributed by atoms with van der Waals surface area (Å²) in [5.74, 6) is -0.0437. The van der Waals surface area contributed by atoms with Crippen molar-refractivity contribution in [2.24, 2.45) is 0 Å². The maximum absolute atomic E-state index is 12.2. The van der Waals surface area contributed by atoms with E-state index in [-0.39, 0.29) is 11.7 Å². The van der Waals surface area contributed by atoms with E-state index in [1.807, 2.05) is 24.3 Å². The third kappa shape index (κ3) is 5.20. The zero-order chi connectivity index (χ0) is 20.8. The van der Waals surface area contributed by atoms with E-state index >= 15 is 0 Å². The lowest BCUT2D eigenvalue weighted by Gasteiger charge is -2.08. The van der Waals surface area contributed by atoms with Gasteiger partial charge >= 0.3 is 5.97 Å². The van der Waals surface area contributed by atoms with Crippen molar-refractivity contribution in [3.8, 4) is 5.69 Å². The first-order valence-electron chi connectivity index (χ1n) is 8.97. The highest BCUT2D eigenvalue weighted by Gasteiger charge is 2.12. The molecule has 0 bridgehead atoms. The van der Waals surface area contributed by atoms with Crippen molar-refractivity contribution < 1.29 is 14.3 Å². The first kappa shape index (κ1) is 20.5. The number of amides is 1. The van der Waals surface area contributed by atoms with E-state index in [1.165, 1.54) is 24.4 Å². The number of nitrogens with one attached hydrogen (secondary N) is 1. The van der Waals surface area contributed by atoms with Gasteiger partial charge in [-0.15, -0.1) is 5.10 Å². The van der Waals surface area contributed by atoms with Crippen LogP contribution in [0.2, 0.25) is 0 Å². The van der Waals surface area contributed by atoms with Gasteiger partial charge in [0.15, 0.2) is 0 Å². The fourth-order valence-electron chi connectivity index (χ4n) is 2.57. The number of methoxy groups -OCH3 is 1. The lowest BCUT2D eigenvalue weighted by atomic mass is 10.0. The Labute approximate surface area is 172 Å². The molecule has 0 atom stereocenters. The van der Waals surface area contributed by atoms with E-state index in [0.717, 1.165) is 5.69 Å². The van der Waals surface area contributed by atoms with Gasteiger partial charge in [0.2, 0.25) is 11.1 Å². The average Bonchev–Trinajstić information content (AvgIpc) is 3.21. The molecular weight excluding hydrogens is 390 g/mol. The van der Waals surface area contributed by atoms with Crippen LogP contribution in [0.4, 0.5) is 5.69 Å². The number of carbonyl (C=O) groups is 2. The first-order chi connectivity index (χ1) is 14.0. The molecule has 1 N–H and O–H groups in total. The summed E-state index contributed by atoms with van der Waals surface area (Å²) in [5.41, 5.74) is 3.07. The first-order valence-corrected chi connectivity index (χ1v) is 9.96. The zero-order valence-corrected chi connectivity index (χ0v) is 17.1. The maximum Gasteiger partial charge on any atom is 0.337 e. The largest absolute Gasteiger partial charge is 0.465 e. The van der Waals surface area contributed by atoms with Crippen molar-refractivity contribution in [1.82, 2.24) is 20.2 Å². The smallest absolute Gasteiger partial charge is 0.337 e. The Morgan fingerprint density at radius 2 is 1.79 bits per heavy atom. The molecule has 0 aliphatic heterocycles. The molecule has 0 saturated heterocycles. The Morgan fingerprint density at radius 3 is 2.41 bits per heavy atom. The molecule has 0 aliphatic rings. The van der Waals surface area contributed by atoms with Crippen LogP contribution in [0.3, 0.4) is 0 Å². The summed E-state index contributed by atoms with van der Waals surface area (Å²) in [7, 11) is 1.32. The van der Waals surface area contributed by atoms with E-state index in [0.29, 0.717) is 22.3 Å². The van der Waals surface area contributed by atoms with Crippen LogP contribution in [0.5, 0.6) is 0 Å². The van der Waals surface area contributed by atoms with Gasteiger partial charge in [-0.05, 0) is 58.3 Å². The number of hydrogen-bond donors (Lipinski definition) is 1. The molecular formula is C20H21N5O3S. The molecule has 3 aromatic rings. The minimum Gasteiger partial charge on any atom is -0.465 e. The van der Waals surface area contributed by atoms with Crippen molar-refractivity contribution in [2.45, 2.75) is 24.9 Å². The predicted molar refractivity (Wildman–Crippen MR) is 110 cm³/mol. The lowest BCUT2D eigenvalue weighted by molar-refractivity contribution is -0.113. The molecule has 150 valence electrons. The highest BCUT2D eigenvalue weighted by Crippen LogP contribution is 2.21. The van der Waals surface area contributed by atoms with Gasteiger partial charge in [-0.2, -0.15) is 4.68 Å². The number of esters is 1. The zero-order valence-electron chi connectivity index (χ0n) is 16.3. The van der Waals surface area contributed by atoms with Crippen LogP contribution in [0.1, 0.15) is 35.7 Å². The fraction of sp³-hybridized carbons (Fsp3) is 0.250. The molecule has 3 rings (SSSR count). The third-order valence-electron chi connectivity index (χ3n) is 4.17. The molecule has 0 spiro atoms. The Bertz CT molecular complexity index is 984. The van der Waals surface area contributed by atoms with E-state index in [9.17, 15) is 9.59 Å². The molecule has 0 saturated carbocycles. The second-order valence-electron chi connectivity index (χ2n) is 6.53. The van der Waals surface area contributed by atoms with Gasteiger partial charge in [-0.1, -0.05) is 37.7 Å². The number of rotatable bonds is 7. The van der Waals surface area contributed by atoms with Gasteiger partial charge in [0.1, 0.15) is 0 Å². The molecule has 1 aromatic heterocycles. The quantitative estimate of drug-likeness (QED) is 0.470. The van der Waals surface area contributed by atoms with Gasteiger partial charge in [-0.3, -0.25) is 4.79 Å². The van der Waals surface area contributed by atoms with E-state index in [4.69, 9.17) is 0 Å². The number of tetrazole rings is 1. The van der Waals surface area contributed by atoms with Crippen LogP contribution in [0, 0.1) is 0 Å². The minimum absolute atomic E-state index is 0.142. The molecule has 8 nitrogen and oxygen atoms in total. The molecule has 29 heavy (non-hydrogen) atoms. The highest BCUT2D eigenvalue weighted by atomic mass is 32.2. The Hall–Kier alpha value is -3.20. The second kappa shape index (κ2) is 9.33. The van der Waals surface area contributed by atoms with Crippen LogP contribution >= 0.6 is 11.8 Å². The molecule has 0 radical (unpaired) electrons. The van der Waals surface area contributed by atoms with Gasteiger partial charge < -0.3 is 10.1 Å². The van der Waals surface area contributed by atoms with Gasteiger partial charge in [0, 0.05) is 5.69 Å². The summed E-state index contributed by atoms with van der Waals surface area (Å²) in [4.78, 5) is 23.7. The van der Waals surface area contributed by atoms with Crippen LogP contribution in [-0.2, 0) is 9.53 Å². The number of ether oxygens (including phenoxy) is 1. The number of anilines is 1. The minimum atomic E-state index is -0.424. The Morgan fingerprint density at radius 1 is 1.10 bits per heavy atom. The summed E-state index contributed by atoms with van der Waals surface area (Å²) < 4.78 is 6.26. The topological polar surface area (TPSA) is 99.0 Å². The Balaban J connectivity index is 1.60. The number of nitrogens with zero attached hydrogens (tertiary/aromatic N) is 4. The summed E-state index contributed by atoms with van der Waals surface area (Å²) in [5, 5.41) is 15.0. The number of carbonyl (C=O) groups excluding carboxylic acids is 2. The summed E-state index contributed by atoms with van der Waals surface area (Å²) in [6.45, 7) is 4.27. The molecule has 9 heteroatoms. The molecule has 1 amide bonds. The van der Waals surface area contributed by atoms with Gasteiger partial charge in [0.25, 0.3) is 0 Å². The molecule has 0 aliphatic carbocycles. The highest BCUT2D eigenvalue weighted by molar-refractivity contribution is 7.99.